The number of halogens is 1. The van der Waals surface area contributed by atoms with Crippen LogP contribution in [-0.4, -0.2) is 14.9 Å². The SMILES string of the molecule is C=C(CO[Si](c1ccccc1)(c1ccccc1)C(C)(C)C)c1ccc(F)cc1. The van der Waals surface area contributed by atoms with Crippen molar-refractivity contribution in [2.75, 3.05) is 6.61 Å². The first-order chi connectivity index (χ1) is 13.3. The molecule has 144 valence electrons. The molecule has 0 fully saturated rings. The van der Waals surface area contributed by atoms with Crippen LogP contribution >= 0.6 is 0 Å². The highest BCUT2D eigenvalue weighted by Crippen LogP contribution is 2.37. The van der Waals surface area contributed by atoms with Gasteiger partial charge in [-0.15, -0.1) is 0 Å². The first-order valence-electron chi connectivity index (χ1n) is 9.53. The van der Waals surface area contributed by atoms with Gasteiger partial charge in [-0.2, -0.15) is 0 Å². The molecule has 0 aliphatic carbocycles. The molecule has 0 aliphatic heterocycles. The average molecular weight is 391 g/mol. The van der Waals surface area contributed by atoms with Crippen LogP contribution in [0.3, 0.4) is 0 Å². The molecule has 0 saturated carbocycles. The van der Waals surface area contributed by atoms with Gasteiger partial charge in [-0.05, 0) is 38.7 Å². The lowest BCUT2D eigenvalue weighted by molar-refractivity contribution is 0.346. The molecule has 3 rings (SSSR count). The summed E-state index contributed by atoms with van der Waals surface area (Å²) in [5, 5.41) is 2.39. The molecule has 0 radical (unpaired) electrons. The van der Waals surface area contributed by atoms with Gasteiger partial charge in [-0.3, -0.25) is 0 Å². The highest BCUT2D eigenvalue weighted by atomic mass is 28.4. The van der Waals surface area contributed by atoms with Gasteiger partial charge in [0.05, 0.1) is 6.61 Å². The third-order valence-corrected chi connectivity index (χ3v) is 10.1. The molecule has 1 nitrogen and oxygen atoms in total. The van der Waals surface area contributed by atoms with Crippen molar-refractivity contribution >= 4 is 24.3 Å². The summed E-state index contributed by atoms with van der Waals surface area (Å²) in [7, 11) is -2.59. The molecule has 28 heavy (non-hydrogen) atoms. The number of benzene rings is 3. The standard InChI is InChI=1S/C25H27FOSi/c1-20(21-15-17-22(26)18-16-21)19-27-28(25(2,3)4,23-11-7-5-8-12-23)24-13-9-6-10-14-24/h5-18H,1,19H2,2-4H3. The third kappa shape index (κ3) is 4.01. The van der Waals surface area contributed by atoms with E-state index < -0.39 is 8.32 Å². The topological polar surface area (TPSA) is 9.23 Å². The summed E-state index contributed by atoms with van der Waals surface area (Å²) in [6, 6.07) is 27.5. The van der Waals surface area contributed by atoms with Crippen LogP contribution in [0.2, 0.25) is 5.04 Å². The maximum Gasteiger partial charge on any atom is 0.261 e. The van der Waals surface area contributed by atoms with Crippen molar-refractivity contribution < 1.29 is 8.82 Å². The fourth-order valence-corrected chi connectivity index (χ4v) is 8.27. The molecule has 0 heterocycles. The predicted molar refractivity (Wildman–Crippen MR) is 119 cm³/mol. The Morgan fingerprint density at radius 1 is 0.821 bits per heavy atom. The summed E-state index contributed by atoms with van der Waals surface area (Å²) in [6.45, 7) is 11.4. The van der Waals surface area contributed by atoms with Crippen molar-refractivity contribution in [3.05, 3.63) is 103 Å². The first-order valence-corrected chi connectivity index (χ1v) is 11.4. The normalized spacial score (nSPS) is 12.0. The van der Waals surface area contributed by atoms with E-state index >= 15 is 0 Å². The van der Waals surface area contributed by atoms with Crippen molar-refractivity contribution in [2.45, 2.75) is 25.8 Å². The van der Waals surface area contributed by atoms with Crippen LogP contribution in [0.25, 0.3) is 5.57 Å². The fourth-order valence-electron chi connectivity index (χ4n) is 3.73. The van der Waals surface area contributed by atoms with Gasteiger partial charge in [0, 0.05) is 0 Å². The molecule has 0 aliphatic rings. The van der Waals surface area contributed by atoms with Crippen LogP contribution in [-0.2, 0) is 4.43 Å². The molecular formula is C25H27FOSi. The van der Waals surface area contributed by atoms with Crippen molar-refractivity contribution in [1.29, 1.82) is 0 Å². The van der Waals surface area contributed by atoms with Gasteiger partial charge in [-0.25, -0.2) is 4.39 Å². The zero-order valence-corrected chi connectivity index (χ0v) is 17.8. The molecule has 0 aromatic heterocycles. The zero-order valence-electron chi connectivity index (χ0n) is 16.8. The minimum Gasteiger partial charge on any atom is -0.403 e. The van der Waals surface area contributed by atoms with E-state index in [4.69, 9.17) is 4.43 Å². The number of hydrogen-bond donors (Lipinski definition) is 0. The van der Waals surface area contributed by atoms with E-state index in [-0.39, 0.29) is 10.9 Å². The quantitative estimate of drug-likeness (QED) is 0.511. The maximum atomic E-state index is 13.3. The van der Waals surface area contributed by atoms with Gasteiger partial charge in [0.15, 0.2) is 0 Å². The lowest BCUT2D eigenvalue weighted by Gasteiger charge is -2.43. The molecule has 0 bridgehead atoms. The molecule has 0 unspecified atom stereocenters. The van der Waals surface area contributed by atoms with E-state index in [1.54, 1.807) is 12.1 Å². The monoisotopic (exact) mass is 390 g/mol. The molecule has 0 spiro atoms. The highest BCUT2D eigenvalue weighted by Gasteiger charge is 2.50. The van der Waals surface area contributed by atoms with E-state index in [1.165, 1.54) is 22.5 Å². The van der Waals surface area contributed by atoms with Crippen molar-refractivity contribution in [3.8, 4) is 0 Å². The van der Waals surface area contributed by atoms with Crippen LogP contribution in [0, 0.1) is 5.82 Å². The molecule has 0 atom stereocenters. The minimum atomic E-state index is -2.59. The van der Waals surface area contributed by atoms with Crippen LogP contribution < -0.4 is 10.4 Å². The van der Waals surface area contributed by atoms with E-state index in [1.807, 2.05) is 12.1 Å². The highest BCUT2D eigenvalue weighted by molar-refractivity contribution is 6.99. The Balaban J connectivity index is 2.03. The lowest BCUT2D eigenvalue weighted by Crippen LogP contribution is -2.66. The zero-order chi connectivity index (χ0) is 20.2. The Hall–Kier alpha value is -2.49. The smallest absolute Gasteiger partial charge is 0.261 e. The van der Waals surface area contributed by atoms with Gasteiger partial charge < -0.3 is 4.43 Å². The minimum absolute atomic E-state index is 0.0845. The Morgan fingerprint density at radius 3 is 1.71 bits per heavy atom. The lowest BCUT2D eigenvalue weighted by atomic mass is 10.1. The maximum absolute atomic E-state index is 13.3. The number of rotatable bonds is 6. The van der Waals surface area contributed by atoms with E-state index in [9.17, 15) is 4.39 Å². The van der Waals surface area contributed by atoms with Gasteiger partial charge >= 0.3 is 0 Å². The number of hydrogen-bond acceptors (Lipinski definition) is 1. The van der Waals surface area contributed by atoms with Crippen LogP contribution in [0.15, 0.2) is 91.5 Å². The van der Waals surface area contributed by atoms with E-state index in [2.05, 4.69) is 75.9 Å². The summed E-state index contributed by atoms with van der Waals surface area (Å²) in [4.78, 5) is 0. The summed E-state index contributed by atoms with van der Waals surface area (Å²) in [5.74, 6) is -0.246. The molecule has 3 aromatic carbocycles. The van der Waals surface area contributed by atoms with Gasteiger partial charge in [0.1, 0.15) is 5.82 Å². The Bertz CT molecular complexity index is 873. The summed E-state index contributed by atoms with van der Waals surface area (Å²) in [6.07, 6.45) is 0. The molecule has 3 aromatic rings. The second-order valence-corrected chi connectivity index (χ2v) is 12.4. The second kappa shape index (κ2) is 8.25. The van der Waals surface area contributed by atoms with Crippen molar-refractivity contribution in [2.24, 2.45) is 0 Å². The Morgan fingerprint density at radius 2 is 1.29 bits per heavy atom. The van der Waals surface area contributed by atoms with Crippen molar-refractivity contribution in [1.82, 2.24) is 0 Å². The fraction of sp³-hybridized carbons (Fsp3) is 0.200. The van der Waals surface area contributed by atoms with Gasteiger partial charge in [0.2, 0.25) is 0 Å². The summed E-state index contributed by atoms with van der Waals surface area (Å²) < 4.78 is 20.1. The van der Waals surface area contributed by atoms with Crippen LogP contribution in [0.1, 0.15) is 26.3 Å². The largest absolute Gasteiger partial charge is 0.403 e. The second-order valence-electron chi connectivity index (χ2n) is 8.06. The molecular weight excluding hydrogens is 363 g/mol. The van der Waals surface area contributed by atoms with Crippen molar-refractivity contribution in [3.63, 3.8) is 0 Å². The molecule has 3 heteroatoms. The first kappa shape index (κ1) is 20.2. The average Bonchev–Trinajstić information content (AvgIpc) is 2.69. The third-order valence-electron chi connectivity index (χ3n) is 5.13. The Kier molecular flexibility index (Phi) is 5.97. The molecule has 0 saturated heterocycles. The van der Waals surface area contributed by atoms with E-state index in [0.29, 0.717) is 6.61 Å². The van der Waals surface area contributed by atoms with E-state index in [0.717, 1.165) is 11.1 Å². The Labute approximate surface area is 168 Å². The van der Waals surface area contributed by atoms with Crippen LogP contribution in [0.5, 0.6) is 0 Å². The summed E-state index contributed by atoms with van der Waals surface area (Å²) >= 11 is 0. The van der Waals surface area contributed by atoms with Crippen LogP contribution in [0.4, 0.5) is 4.39 Å². The molecule has 0 amide bonds. The van der Waals surface area contributed by atoms with Gasteiger partial charge in [-0.1, -0.05) is 100 Å². The molecule has 0 N–H and O–H groups in total. The predicted octanol–water partition coefficient (Wildman–Crippen LogP) is 5.42. The van der Waals surface area contributed by atoms with Gasteiger partial charge in [0.25, 0.3) is 8.32 Å². The summed E-state index contributed by atoms with van der Waals surface area (Å²) in [5.41, 5.74) is 1.76.